The minimum atomic E-state index is 0.580. The molecular formula is C16H24BrNO. The van der Waals surface area contributed by atoms with Gasteiger partial charge in [-0.25, -0.2) is 4.98 Å². The lowest BCUT2D eigenvalue weighted by Gasteiger charge is -2.11. The number of ether oxygens (including phenoxy) is 1. The molecule has 0 spiro atoms. The van der Waals surface area contributed by atoms with Crippen LogP contribution in [0, 0.1) is 0 Å². The lowest BCUT2D eigenvalue weighted by molar-refractivity contribution is 0.371. The van der Waals surface area contributed by atoms with Crippen molar-refractivity contribution in [2.75, 3.05) is 7.11 Å². The molecule has 0 saturated carbocycles. The maximum absolute atomic E-state index is 5.11. The lowest BCUT2D eigenvalue weighted by atomic mass is 10.1. The summed E-state index contributed by atoms with van der Waals surface area (Å²) in [5.74, 6) is 0.580. The van der Waals surface area contributed by atoms with E-state index in [0.717, 1.165) is 21.4 Å². The van der Waals surface area contributed by atoms with Crippen LogP contribution in [0.5, 0.6) is 0 Å². The number of pyridine rings is 1. The molecule has 0 saturated heterocycles. The van der Waals surface area contributed by atoms with Crippen molar-refractivity contribution in [2.24, 2.45) is 0 Å². The van der Waals surface area contributed by atoms with Crippen LogP contribution in [0.2, 0.25) is 0 Å². The quantitative estimate of drug-likeness (QED) is 0.515. The van der Waals surface area contributed by atoms with E-state index in [4.69, 9.17) is 4.74 Å². The Bertz CT molecular complexity index is 425. The van der Waals surface area contributed by atoms with Gasteiger partial charge in [0.05, 0.1) is 12.8 Å². The van der Waals surface area contributed by atoms with E-state index in [0.29, 0.717) is 5.76 Å². The first-order chi connectivity index (χ1) is 9.13. The van der Waals surface area contributed by atoms with E-state index in [-0.39, 0.29) is 0 Å². The van der Waals surface area contributed by atoms with Crippen LogP contribution in [0.3, 0.4) is 0 Å². The van der Waals surface area contributed by atoms with E-state index < -0.39 is 0 Å². The Hall–Kier alpha value is -1.35. The fourth-order valence-electron chi connectivity index (χ4n) is 1.25. The van der Waals surface area contributed by atoms with Gasteiger partial charge in [-0.15, -0.1) is 0 Å². The predicted octanol–water partition coefficient (Wildman–Crippen LogP) is 5.80. The molecule has 0 amide bonds. The van der Waals surface area contributed by atoms with Gasteiger partial charge in [0.1, 0.15) is 10.4 Å². The third-order valence-electron chi connectivity index (χ3n) is 2.00. The Labute approximate surface area is 126 Å². The SMILES string of the molecule is C=Cc1nc(Br)cc(C(=C)OC)c1C=C.CC.CC. The fourth-order valence-corrected chi connectivity index (χ4v) is 1.67. The van der Waals surface area contributed by atoms with Crippen molar-refractivity contribution in [3.63, 3.8) is 0 Å². The van der Waals surface area contributed by atoms with Crippen LogP contribution < -0.4 is 0 Å². The van der Waals surface area contributed by atoms with Crippen molar-refractivity contribution in [3.05, 3.63) is 47.2 Å². The van der Waals surface area contributed by atoms with E-state index >= 15 is 0 Å². The Morgan fingerprint density at radius 2 is 1.74 bits per heavy atom. The molecule has 0 N–H and O–H groups in total. The van der Waals surface area contributed by atoms with Crippen molar-refractivity contribution >= 4 is 33.8 Å². The highest BCUT2D eigenvalue weighted by Gasteiger charge is 2.10. The summed E-state index contributed by atoms with van der Waals surface area (Å²) < 4.78 is 5.83. The van der Waals surface area contributed by atoms with E-state index in [1.54, 1.807) is 19.3 Å². The van der Waals surface area contributed by atoms with E-state index in [9.17, 15) is 0 Å². The second-order valence-electron chi connectivity index (χ2n) is 2.83. The van der Waals surface area contributed by atoms with Crippen LogP contribution in [-0.2, 0) is 4.74 Å². The van der Waals surface area contributed by atoms with Crippen LogP contribution in [0.15, 0.2) is 30.4 Å². The second kappa shape index (κ2) is 11.7. The van der Waals surface area contributed by atoms with Crippen molar-refractivity contribution in [2.45, 2.75) is 27.7 Å². The van der Waals surface area contributed by atoms with Gasteiger partial charge in [-0.05, 0) is 28.1 Å². The van der Waals surface area contributed by atoms with Gasteiger partial charge >= 0.3 is 0 Å². The van der Waals surface area contributed by atoms with E-state index in [1.165, 1.54) is 0 Å². The fraction of sp³-hybridized carbons (Fsp3) is 0.312. The first-order valence-corrected chi connectivity index (χ1v) is 7.12. The highest BCUT2D eigenvalue weighted by Crippen LogP contribution is 2.25. The van der Waals surface area contributed by atoms with Gasteiger partial charge in [-0.2, -0.15) is 0 Å². The monoisotopic (exact) mass is 325 g/mol. The summed E-state index contributed by atoms with van der Waals surface area (Å²) >= 11 is 3.32. The molecule has 0 atom stereocenters. The summed E-state index contributed by atoms with van der Waals surface area (Å²) in [5.41, 5.74) is 2.50. The molecule has 2 nitrogen and oxygen atoms in total. The van der Waals surface area contributed by atoms with Gasteiger partial charge in [0.2, 0.25) is 0 Å². The zero-order chi connectivity index (χ0) is 15.4. The molecule has 1 aromatic heterocycles. The maximum atomic E-state index is 5.11. The van der Waals surface area contributed by atoms with Crippen LogP contribution in [-0.4, -0.2) is 12.1 Å². The van der Waals surface area contributed by atoms with Crippen molar-refractivity contribution in [1.29, 1.82) is 0 Å². The second-order valence-corrected chi connectivity index (χ2v) is 3.64. The molecule has 1 heterocycles. The van der Waals surface area contributed by atoms with Crippen LogP contribution >= 0.6 is 15.9 Å². The largest absolute Gasteiger partial charge is 0.497 e. The first-order valence-electron chi connectivity index (χ1n) is 6.32. The predicted molar refractivity (Wildman–Crippen MR) is 90.9 cm³/mol. The Balaban J connectivity index is 0. The summed E-state index contributed by atoms with van der Waals surface area (Å²) in [6, 6.07) is 1.84. The normalized spacial score (nSPS) is 8.11. The number of methoxy groups -OCH3 is 1. The molecule has 0 aromatic carbocycles. The first kappa shape index (κ1) is 20.0. The molecule has 1 aromatic rings. The molecule has 106 valence electrons. The average Bonchev–Trinajstić information content (AvgIpc) is 2.49. The molecule has 0 radical (unpaired) electrons. The van der Waals surface area contributed by atoms with Gasteiger partial charge in [0.15, 0.2) is 0 Å². The van der Waals surface area contributed by atoms with E-state index in [2.05, 4.69) is 40.7 Å². The van der Waals surface area contributed by atoms with Gasteiger partial charge in [0, 0.05) is 11.1 Å². The zero-order valence-electron chi connectivity index (χ0n) is 12.6. The van der Waals surface area contributed by atoms with Crippen LogP contribution in [0.4, 0.5) is 0 Å². The molecule has 0 fully saturated rings. The van der Waals surface area contributed by atoms with Gasteiger partial charge in [-0.3, -0.25) is 0 Å². The van der Waals surface area contributed by atoms with Gasteiger partial charge in [-0.1, -0.05) is 53.5 Å². The number of rotatable bonds is 4. The molecule has 19 heavy (non-hydrogen) atoms. The number of halogens is 1. The molecular weight excluding hydrogens is 302 g/mol. The molecule has 0 aliphatic rings. The Morgan fingerprint density at radius 1 is 1.21 bits per heavy atom. The highest BCUT2D eigenvalue weighted by molar-refractivity contribution is 9.10. The van der Waals surface area contributed by atoms with Crippen molar-refractivity contribution in [1.82, 2.24) is 4.98 Å². The van der Waals surface area contributed by atoms with Gasteiger partial charge in [0.25, 0.3) is 0 Å². The standard InChI is InChI=1S/C12H12BrNO.2C2H6/c1-5-9-10(8(3)15-4)7-12(13)14-11(9)6-2;2*1-2/h5-7H,1-3H2,4H3;2*1-2H3. The lowest BCUT2D eigenvalue weighted by Crippen LogP contribution is -1.96. The van der Waals surface area contributed by atoms with Crippen molar-refractivity contribution in [3.8, 4) is 0 Å². The molecule has 0 aliphatic carbocycles. The Kier molecular flexibility index (Phi) is 12.3. The third kappa shape index (κ3) is 5.88. The molecule has 0 unspecified atom stereocenters. The van der Waals surface area contributed by atoms with Crippen LogP contribution in [0.1, 0.15) is 44.5 Å². The topological polar surface area (TPSA) is 22.1 Å². The van der Waals surface area contributed by atoms with Crippen LogP contribution in [0.25, 0.3) is 17.9 Å². The summed E-state index contributed by atoms with van der Waals surface area (Å²) in [4.78, 5) is 4.27. The zero-order valence-corrected chi connectivity index (χ0v) is 14.2. The average molecular weight is 326 g/mol. The van der Waals surface area contributed by atoms with Crippen molar-refractivity contribution < 1.29 is 4.74 Å². The number of nitrogens with zero attached hydrogens (tertiary/aromatic N) is 1. The van der Waals surface area contributed by atoms with Gasteiger partial charge < -0.3 is 4.74 Å². The minimum absolute atomic E-state index is 0.580. The summed E-state index contributed by atoms with van der Waals surface area (Å²) in [6.45, 7) is 19.3. The number of hydrogen-bond donors (Lipinski definition) is 0. The number of aromatic nitrogens is 1. The summed E-state index contributed by atoms with van der Waals surface area (Å²) in [6.07, 6.45) is 3.39. The summed E-state index contributed by atoms with van der Waals surface area (Å²) in [7, 11) is 1.58. The smallest absolute Gasteiger partial charge is 0.119 e. The third-order valence-corrected chi connectivity index (χ3v) is 2.41. The molecule has 3 heteroatoms. The molecule has 1 rings (SSSR count). The minimum Gasteiger partial charge on any atom is -0.497 e. The highest BCUT2D eigenvalue weighted by atomic mass is 79.9. The Morgan fingerprint density at radius 3 is 2.11 bits per heavy atom. The number of hydrogen-bond acceptors (Lipinski definition) is 2. The maximum Gasteiger partial charge on any atom is 0.119 e. The summed E-state index contributed by atoms with van der Waals surface area (Å²) in [5, 5.41) is 0. The molecule has 0 aliphatic heterocycles. The molecule has 0 bridgehead atoms. The van der Waals surface area contributed by atoms with E-state index in [1.807, 2.05) is 33.8 Å².